The fourth-order valence-corrected chi connectivity index (χ4v) is 4.23. The summed E-state index contributed by atoms with van der Waals surface area (Å²) in [5, 5.41) is 15.7. The van der Waals surface area contributed by atoms with Crippen LogP contribution in [-0.4, -0.2) is 43.6 Å². The minimum atomic E-state index is -0.903. The number of aryl methyl sites for hydroxylation is 1. The van der Waals surface area contributed by atoms with E-state index in [1.54, 1.807) is 6.20 Å². The van der Waals surface area contributed by atoms with Gasteiger partial charge in [-0.1, -0.05) is 6.92 Å². The van der Waals surface area contributed by atoms with Gasteiger partial charge in [0.15, 0.2) is 0 Å². The average molecular weight is 349 g/mol. The van der Waals surface area contributed by atoms with E-state index < -0.39 is 11.2 Å². The van der Waals surface area contributed by atoms with Crippen LogP contribution in [0.15, 0.2) is 12.4 Å². The van der Waals surface area contributed by atoms with Crippen LogP contribution in [0.25, 0.3) is 0 Å². The Kier molecular flexibility index (Phi) is 4.84. The number of piperidine rings is 2. The lowest BCUT2D eigenvalue weighted by molar-refractivity contribution is -0.0965. The Morgan fingerprint density at radius 1 is 1.36 bits per heavy atom. The molecule has 0 aromatic carbocycles. The van der Waals surface area contributed by atoms with Crippen LogP contribution in [0.5, 0.6) is 0 Å². The van der Waals surface area contributed by atoms with E-state index in [1.807, 2.05) is 36.5 Å². The summed E-state index contributed by atoms with van der Waals surface area (Å²) in [5.74, 6) is 0. The summed E-state index contributed by atoms with van der Waals surface area (Å²) in [6.07, 6.45) is 8.56. The summed E-state index contributed by atoms with van der Waals surface area (Å²) >= 11 is 0. The zero-order chi connectivity index (χ0) is 18.2. The van der Waals surface area contributed by atoms with Gasteiger partial charge in [0, 0.05) is 43.2 Å². The van der Waals surface area contributed by atoms with Crippen molar-refractivity contribution >= 4 is 6.09 Å². The first kappa shape index (κ1) is 18.2. The van der Waals surface area contributed by atoms with E-state index in [0.717, 1.165) is 37.8 Å². The van der Waals surface area contributed by atoms with Crippen LogP contribution in [0, 0.1) is 0 Å². The van der Waals surface area contributed by atoms with Gasteiger partial charge >= 0.3 is 6.09 Å². The Labute approximate surface area is 150 Å². The molecular formula is C19H31N3O3. The van der Waals surface area contributed by atoms with Crippen molar-refractivity contribution in [1.29, 1.82) is 0 Å². The second-order valence-electron chi connectivity index (χ2n) is 8.56. The predicted octanol–water partition coefficient (Wildman–Crippen LogP) is 3.43. The van der Waals surface area contributed by atoms with Crippen LogP contribution in [-0.2, 0) is 16.9 Å². The number of rotatable bonds is 3. The molecular weight excluding hydrogens is 318 g/mol. The number of aromatic nitrogens is 2. The average Bonchev–Trinajstić information content (AvgIpc) is 2.94. The molecule has 0 spiro atoms. The fraction of sp³-hybridized carbons (Fsp3) is 0.789. The van der Waals surface area contributed by atoms with E-state index in [0.29, 0.717) is 12.8 Å². The molecule has 6 heteroatoms. The lowest BCUT2D eigenvalue weighted by atomic mass is 9.73. The molecule has 3 heterocycles. The van der Waals surface area contributed by atoms with Crippen molar-refractivity contribution in [2.45, 2.75) is 96.1 Å². The molecule has 2 aliphatic heterocycles. The lowest BCUT2D eigenvalue weighted by Crippen LogP contribution is -2.59. The number of hydrogen-bond acceptors (Lipinski definition) is 4. The first-order chi connectivity index (χ1) is 11.7. The number of nitrogens with zero attached hydrogens (tertiary/aromatic N) is 3. The molecule has 2 saturated heterocycles. The maximum Gasteiger partial charge on any atom is 0.410 e. The van der Waals surface area contributed by atoms with Crippen molar-refractivity contribution in [3.8, 4) is 0 Å². The Morgan fingerprint density at radius 3 is 2.56 bits per heavy atom. The van der Waals surface area contributed by atoms with E-state index >= 15 is 0 Å². The fourth-order valence-electron chi connectivity index (χ4n) is 4.23. The standard InChI is InChI=1S/C19H31N3O3/c1-5-9-21-13-14(12-20-21)19(24)10-15-7-6-8-16(11-19)22(15)17(23)25-18(2,3)4/h12-13,15-16,24H,5-11H2,1-4H3. The van der Waals surface area contributed by atoms with Crippen LogP contribution >= 0.6 is 0 Å². The van der Waals surface area contributed by atoms with Crippen molar-refractivity contribution in [2.75, 3.05) is 0 Å². The quantitative estimate of drug-likeness (QED) is 0.908. The summed E-state index contributed by atoms with van der Waals surface area (Å²) in [4.78, 5) is 14.6. The third kappa shape index (κ3) is 3.84. The zero-order valence-electron chi connectivity index (χ0n) is 15.9. The van der Waals surface area contributed by atoms with Crippen molar-refractivity contribution in [2.24, 2.45) is 0 Å². The second-order valence-corrected chi connectivity index (χ2v) is 8.56. The van der Waals surface area contributed by atoms with Crippen molar-refractivity contribution in [3.05, 3.63) is 18.0 Å². The molecule has 6 nitrogen and oxygen atoms in total. The third-order valence-electron chi connectivity index (χ3n) is 5.24. The molecule has 1 amide bonds. The molecule has 3 rings (SSSR count). The minimum absolute atomic E-state index is 0.0295. The van der Waals surface area contributed by atoms with Crippen LogP contribution in [0.2, 0.25) is 0 Å². The Bertz CT molecular complexity index is 606. The molecule has 140 valence electrons. The second kappa shape index (κ2) is 6.63. The number of amides is 1. The maximum atomic E-state index is 12.7. The Morgan fingerprint density at radius 2 is 2.00 bits per heavy atom. The normalized spacial score (nSPS) is 29.6. The lowest BCUT2D eigenvalue weighted by Gasteiger charge is -2.51. The maximum absolute atomic E-state index is 12.7. The molecule has 25 heavy (non-hydrogen) atoms. The Balaban J connectivity index is 1.79. The molecule has 0 radical (unpaired) electrons. The zero-order valence-corrected chi connectivity index (χ0v) is 15.9. The monoisotopic (exact) mass is 349 g/mol. The van der Waals surface area contributed by atoms with Crippen LogP contribution in [0.1, 0.15) is 71.8 Å². The number of ether oxygens (including phenoxy) is 1. The first-order valence-electron chi connectivity index (χ1n) is 9.48. The van der Waals surface area contributed by atoms with Crippen LogP contribution in [0.4, 0.5) is 4.79 Å². The highest BCUT2D eigenvalue weighted by Crippen LogP contribution is 2.44. The summed E-state index contributed by atoms with van der Waals surface area (Å²) in [7, 11) is 0. The summed E-state index contributed by atoms with van der Waals surface area (Å²) < 4.78 is 7.50. The number of carbonyl (C=O) groups excluding carboxylic acids is 1. The molecule has 2 unspecified atom stereocenters. The van der Waals surface area contributed by atoms with Crippen molar-refractivity contribution in [3.63, 3.8) is 0 Å². The van der Waals surface area contributed by atoms with Gasteiger partial charge in [0.05, 0.1) is 11.8 Å². The smallest absolute Gasteiger partial charge is 0.410 e. The van der Waals surface area contributed by atoms with Gasteiger partial charge in [-0.05, 0) is 46.5 Å². The van der Waals surface area contributed by atoms with Gasteiger partial charge in [0.2, 0.25) is 0 Å². The summed E-state index contributed by atoms with van der Waals surface area (Å²) in [6.45, 7) is 8.64. The highest BCUT2D eigenvalue weighted by molar-refractivity contribution is 5.69. The molecule has 1 aromatic rings. The third-order valence-corrected chi connectivity index (χ3v) is 5.24. The molecule has 0 aliphatic carbocycles. The van der Waals surface area contributed by atoms with Gasteiger partial charge < -0.3 is 14.7 Å². The van der Waals surface area contributed by atoms with E-state index in [9.17, 15) is 9.90 Å². The minimum Gasteiger partial charge on any atom is -0.444 e. The molecule has 1 aromatic heterocycles. The molecule has 2 aliphatic rings. The van der Waals surface area contributed by atoms with Gasteiger partial charge in [-0.15, -0.1) is 0 Å². The molecule has 2 atom stereocenters. The number of carbonyl (C=O) groups is 1. The van der Waals surface area contributed by atoms with Crippen molar-refractivity contribution < 1.29 is 14.6 Å². The molecule has 1 N–H and O–H groups in total. The van der Waals surface area contributed by atoms with E-state index in [2.05, 4.69) is 12.0 Å². The Hall–Kier alpha value is -1.56. The van der Waals surface area contributed by atoms with Crippen LogP contribution < -0.4 is 0 Å². The molecule has 2 bridgehead atoms. The van der Waals surface area contributed by atoms with Gasteiger partial charge in [-0.3, -0.25) is 4.68 Å². The van der Waals surface area contributed by atoms with Gasteiger partial charge in [0.25, 0.3) is 0 Å². The number of hydrogen-bond donors (Lipinski definition) is 1. The SMILES string of the molecule is CCCn1cc(C2(O)CC3CCCC(C2)N3C(=O)OC(C)(C)C)cn1. The van der Waals surface area contributed by atoms with E-state index in [-0.39, 0.29) is 18.2 Å². The first-order valence-corrected chi connectivity index (χ1v) is 9.48. The number of fused-ring (bicyclic) bond motifs is 2. The largest absolute Gasteiger partial charge is 0.444 e. The summed E-state index contributed by atoms with van der Waals surface area (Å²) in [5.41, 5.74) is -0.526. The topological polar surface area (TPSA) is 67.6 Å². The van der Waals surface area contributed by atoms with Gasteiger partial charge in [-0.2, -0.15) is 5.10 Å². The van der Waals surface area contributed by atoms with Gasteiger partial charge in [0.1, 0.15) is 5.60 Å². The van der Waals surface area contributed by atoms with Crippen molar-refractivity contribution in [1.82, 2.24) is 14.7 Å². The number of aliphatic hydroxyl groups is 1. The molecule has 2 fully saturated rings. The van der Waals surface area contributed by atoms with E-state index in [1.165, 1.54) is 0 Å². The highest BCUT2D eigenvalue weighted by Gasteiger charge is 2.49. The summed E-state index contributed by atoms with van der Waals surface area (Å²) in [6, 6.07) is 0.0590. The van der Waals surface area contributed by atoms with Crippen LogP contribution in [0.3, 0.4) is 0 Å². The predicted molar refractivity (Wildman–Crippen MR) is 95.1 cm³/mol. The van der Waals surface area contributed by atoms with Gasteiger partial charge in [-0.25, -0.2) is 4.79 Å². The van der Waals surface area contributed by atoms with E-state index in [4.69, 9.17) is 4.74 Å². The highest BCUT2D eigenvalue weighted by atomic mass is 16.6. The molecule has 0 saturated carbocycles.